The van der Waals surface area contributed by atoms with E-state index in [9.17, 15) is 13.2 Å². The van der Waals surface area contributed by atoms with Crippen LogP contribution in [0.5, 0.6) is 0 Å². The number of hydrogen-bond acceptors (Lipinski definition) is 5. The number of hydrogen-bond donors (Lipinski definition) is 2. The molecule has 0 atom stereocenters. The van der Waals surface area contributed by atoms with E-state index in [0.29, 0.717) is 17.0 Å². The predicted molar refractivity (Wildman–Crippen MR) is 75.7 cm³/mol. The second-order valence-electron chi connectivity index (χ2n) is 3.44. The van der Waals surface area contributed by atoms with E-state index < -0.39 is 10.0 Å². The molecule has 5 nitrogen and oxygen atoms in total. The lowest BCUT2D eigenvalue weighted by Crippen LogP contribution is -2.22. The van der Waals surface area contributed by atoms with Crippen LogP contribution in [0.25, 0.3) is 0 Å². The largest absolute Gasteiger partial charge is 0.315 e. The number of H-pyrrole nitrogens is 1. The van der Waals surface area contributed by atoms with Crippen LogP contribution in [0.4, 0.5) is 0 Å². The average Bonchev–Trinajstić information content (AvgIpc) is 2.82. The van der Waals surface area contributed by atoms with E-state index in [-0.39, 0.29) is 15.6 Å². The van der Waals surface area contributed by atoms with Gasteiger partial charge in [0.15, 0.2) is 4.21 Å². The van der Waals surface area contributed by atoms with Crippen molar-refractivity contribution in [1.82, 2.24) is 9.71 Å². The maximum absolute atomic E-state index is 12.0. The van der Waals surface area contributed by atoms with Gasteiger partial charge in [0.05, 0.1) is 0 Å². The molecule has 0 aliphatic carbocycles. The predicted octanol–water partition coefficient (Wildman–Crippen LogP) is 2.05. The van der Waals surface area contributed by atoms with Crippen molar-refractivity contribution in [2.75, 3.05) is 0 Å². The number of rotatable bonds is 4. The third-order valence-electron chi connectivity index (χ3n) is 2.14. The number of sulfonamides is 1. The number of nitrogens with one attached hydrogen (secondary N) is 2. The Kier molecular flexibility index (Phi) is 4.07. The first-order valence-corrected chi connectivity index (χ1v) is 8.78. The van der Waals surface area contributed by atoms with E-state index in [1.54, 1.807) is 6.92 Å². The van der Waals surface area contributed by atoms with Crippen LogP contribution in [-0.2, 0) is 16.6 Å². The number of aromatic amines is 1. The van der Waals surface area contributed by atoms with Crippen molar-refractivity contribution in [2.24, 2.45) is 0 Å². The normalized spacial score (nSPS) is 11.9. The first-order chi connectivity index (χ1) is 8.40. The van der Waals surface area contributed by atoms with Gasteiger partial charge in [0.25, 0.3) is 10.0 Å². The molecule has 2 rings (SSSR count). The van der Waals surface area contributed by atoms with Crippen LogP contribution in [0.2, 0.25) is 0 Å². The van der Waals surface area contributed by atoms with Gasteiger partial charge in [-0.15, -0.1) is 11.3 Å². The van der Waals surface area contributed by atoms with Crippen LogP contribution in [-0.4, -0.2) is 13.4 Å². The maximum Gasteiger partial charge on any atom is 0.305 e. The molecule has 0 unspecified atom stereocenters. The summed E-state index contributed by atoms with van der Waals surface area (Å²) in [6.07, 6.45) is 0. The zero-order valence-corrected chi connectivity index (χ0v) is 13.2. The van der Waals surface area contributed by atoms with Gasteiger partial charge >= 0.3 is 4.87 Å². The molecule has 0 aromatic carbocycles. The standard InChI is InChI=1S/C9H9BrN2O3S3/c1-5-8(17-9(13)12-5)18(14,15)11-4-7-6(10)2-3-16-7/h2-3,11H,4H2,1H3,(H,12,13). The van der Waals surface area contributed by atoms with Gasteiger partial charge in [0, 0.05) is 21.6 Å². The van der Waals surface area contributed by atoms with E-state index in [4.69, 9.17) is 0 Å². The lowest BCUT2D eigenvalue weighted by Gasteiger charge is -2.04. The summed E-state index contributed by atoms with van der Waals surface area (Å²) in [6.45, 7) is 1.76. The minimum Gasteiger partial charge on any atom is -0.315 e. The summed E-state index contributed by atoms with van der Waals surface area (Å²) < 4.78 is 27.4. The van der Waals surface area contributed by atoms with Crippen molar-refractivity contribution in [1.29, 1.82) is 0 Å². The molecule has 2 aromatic rings. The summed E-state index contributed by atoms with van der Waals surface area (Å²) >= 11 is 5.48. The van der Waals surface area contributed by atoms with Crippen molar-refractivity contribution in [3.8, 4) is 0 Å². The summed E-state index contributed by atoms with van der Waals surface area (Å²) in [7, 11) is -3.64. The summed E-state index contributed by atoms with van der Waals surface area (Å²) in [5, 5.41) is 1.87. The molecule has 18 heavy (non-hydrogen) atoms. The lowest BCUT2D eigenvalue weighted by molar-refractivity contribution is 0.583. The molecule has 98 valence electrons. The van der Waals surface area contributed by atoms with Crippen LogP contribution >= 0.6 is 38.6 Å². The zero-order valence-electron chi connectivity index (χ0n) is 9.19. The molecular formula is C9H9BrN2O3S3. The van der Waals surface area contributed by atoms with Crippen molar-refractivity contribution >= 4 is 48.6 Å². The second kappa shape index (κ2) is 5.25. The van der Waals surface area contributed by atoms with E-state index in [2.05, 4.69) is 25.6 Å². The highest BCUT2D eigenvalue weighted by Crippen LogP contribution is 2.23. The minimum absolute atomic E-state index is 0.0418. The third kappa shape index (κ3) is 2.91. The fourth-order valence-electron chi connectivity index (χ4n) is 1.32. The van der Waals surface area contributed by atoms with Crippen molar-refractivity contribution in [2.45, 2.75) is 17.7 Å². The van der Waals surface area contributed by atoms with Crippen LogP contribution < -0.4 is 9.60 Å². The van der Waals surface area contributed by atoms with Gasteiger partial charge in [-0.3, -0.25) is 4.79 Å². The number of thiophene rings is 1. The van der Waals surface area contributed by atoms with Gasteiger partial charge in [0.1, 0.15) is 0 Å². The summed E-state index contributed by atoms with van der Waals surface area (Å²) in [5.41, 5.74) is 0.364. The molecular weight excluding hydrogens is 360 g/mol. The molecule has 2 aromatic heterocycles. The molecule has 0 bridgehead atoms. The number of aryl methyl sites for hydroxylation is 1. The van der Waals surface area contributed by atoms with Crippen LogP contribution in [0, 0.1) is 6.92 Å². The van der Waals surface area contributed by atoms with Gasteiger partial charge < -0.3 is 4.98 Å². The monoisotopic (exact) mass is 368 g/mol. The fraction of sp³-hybridized carbons (Fsp3) is 0.222. The fourth-order valence-corrected chi connectivity index (χ4v) is 5.19. The van der Waals surface area contributed by atoms with Gasteiger partial charge in [-0.25, -0.2) is 13.1 Å². The highest BCUT2D eigenvalue weighted by Gasteiger charge is 2.20. The average molecular weight is 369 g/mol. The van der Waals surface area contributed by atoms with Crippen LogP contribution in [0.15, 0.2) is 24.9 Å². The van der Waals surface area contributed by atoms with Crippen molar-refractivity contribution in [3.63, 3.8) is 0 Å². The number of aromatic nitrogens is 1. The molecule has 0 amide bonds. The second-order valence-corrected chi connectivity index (χ2v) is 8.24. The van der Waals surface area contributed by atoms with E-state index in [0.717, 1.165) is 9.35 Å². The van der Waals surface area contributed by atoms with Crippen molar-refractivity contribution in [3.05, 3.63) is 36.2 Å². The Hall–Kier alpha value is -0.480. The Morgan fingerprint density at radius 2 is 2.22 bits per heavy atom. The van der Waals surface area contributed by atoms with Gasteiger partial charge in [-0.05, 0) is 34.3 Å². The molecule has 0 spiro atoms. The Morgan fingerprint density at radius 1 is 1.50 bits per heavy atom. The third-order valence-corrected chi connectivity index (χ3v) is 7.07. The molecule has 9 heteroatoms. The summed E-state index contributed by atoms with van der Waals surface area (Å²) in [6, 6.07) is 1.86. The summed E-state index contributed by atoms with van der Waals surface area (Å²) in [5.74, 6) is 0. The quantitative estimate of drug-likeness (QED) is 0.866. The Balaban J connectivity index is 2.21. The van der Waals surface area contributed by atoms with Crippen molar-refractivity contribution < 1.29 is 8.42 Å². The zero-order chi connectivity index (χ0) is 13.3. The highest BCUT2D eigenvalue weighted by molar-refractivity contribution is 9.10. The number of halogens is 1. The van der Waals surface area contributed by atoms with Gasteiger partial charge in [0.2, 0.25) is 0 Å². The van der Waals surface area contributed by atoms with Crippen LogP contribution in [0.1, 0.15) is 10.6 Å². The van der Waals surface area contributed by atoms with Crippen LogP contribution in [0.3, 0.4) is 0 Å². The minimum atomic E-state index is -3.64. The molecule has 0 aliphatic rings. The van der Waals surface area contributed by atoms with E-state index in [1.165, 1.54) is 11.3 Å². The molecule has 0 saturated carbocycles. The first-order valence-electron chi connectivity index (χ1n) is 4.81. The first kappa shape index (κ1) is 13.9. The highest BCUT2D eigenvalue weighted by atomic mass is 79.9. The summed E-state index contributed by atoms with van der Waals surface area (Å²) in [4.78, 5) is 14.1. The molecule has 2 heterocycles. The SMILES string of the molecule is Cc1[nH]c(=O)sc1S(=O)(=O)NCc1sccc1Br. The Bertz CT molecular complexity index is 713. The van der Waals surface area contributed by atoms with Gasteiger partial charge in [-0.2, -0.15) is 0 Å². The van der Waals surface area contributed by atoms with Gasteiger partial charge in [-0.1, -0.05) is 11.3 Å². The molecule has 2 N–H and O–H groups in total. The Labute approximate surface area is 120 Å². The number of thiazole rings is 1. The molecule has 0 saturated heterocycles. The maximum atomic E-state index is 12.0. The molecule has 0 fully saturated rings. The Morgan fingerprint density at radius 3 is 2.72 bits per heavy atom. The topological polar surface area (TPSA) is 79.0 Å². The van der Waals surface area contributed by atoms with E-state index >= 15 is 0 Å². The molecule has 0 radical (unpaired) electrons. The molecule has 0 aliphatic heterocycles. The smallest absolute Gasteiger partial charge is 0.305 e. The lowest BCUT2D eigenvalue weighted by atomic mass is 10.5. The van der Waals surface area contributed by atoms with E-state index in [1.807, 2.05) is 11.4 Å².